The molecule has 0 saturated carbocycles. The van der Waals surface area contributed by atoms with Crippen LogP contribution in [0.15, 0.2) is 47.4 Å². The van der Waals surface area contributed by atoms with E-state index in [4.69, 9.17) is 0 Å². The maximum absolute atomic E-state index is 11.9. The molecule has 0 aliphatic carbocycles. The Balaban J connectivity index is 2.45. The smallest absolute Gasteiger partial charge is 0.321 e. The Kier molecular flexibility index (Phi) is 3.34. The summed E-state index contributed by atoms with van der Waals surface area (Å²) in [5.41, 5.74) is 0. The number of fused-ring (bicyclic) bond motifs is 1. The van der Waals surface area contributed by atoms with Crippen LogP contribution in [0.1, 0.15) is 0 Å². The van der Waals surface area contributed by atoms with Gasteiger partial charge in [-0.15, -0.1) is 0 Å². The van der Waals surface area contributed by atoms with Crippen LogP contribution >= 0.6 is 0 Å². The number of hydrogen-bond donors (Lipinski definition) is 0. The molecule has 18 heavy (non-hydrogen) atoms. The van der Waals surface area contributed by atoms with Gasteiger partial charge in [0.1, 0.15) is 0 Å². The minimum atomic E-state index is -3.64. The molecule has 0 aliphatic rings. The highest BCUT2D eigenvalue weighted by Gasteiger charge is 2.19. The first kappa shape index (κ1) is 12.6. The molecule has 0 N–H and O–H groups in total. The molecule has 0 saturated heterocycles. The molecule has 94 valence electrons. The Labute approximate surface area is 105 Å². The first-order valence-corrected chi connectivity index (χ1v) is 6.96. The second-order valence-electron chi connectivity index (χ2n) is 3.84. The van der Waals surface area contributed by atoms with E-state index in [2.05, 4.69) is 4.74 Å². The van der Waals surface area contributed by atoms with Gasteiger partial charge >= 0.3 is 5.97 Å². The number of hydrogen-bond acceptors (Lipinski definition) is 4. The van der Waals surface area contributed by atoms with Crippen LogP contribution in [-0.2, 0) is 19.4 Å². The first-order chi connectivity index (χ1) is 8.53. The van der Waals surface area contributed by atoms with Gasteiger partial charge in [-0.1, -0.05) is 30.3 Å². The molecule has 0 bridgehead atoms. The number of methoxy groups -OCH3 is 1. The number of carbonyl (C=O) groups is 1. The van der Waals surface area contributed by atoms with E-state index < -0.39 is 21.6 Å². The highest BCUT2D eigenvalue weighted by atomic mass is 32.2. The normalized spacial score (nSPS) is 11.4. The predicted octanol–water partition coefficient (Wildman–Crippen LogP) is 1.79. The molecule has 0 atom stereocenters. The van der Waals surface area contributed by atoms with E-state index >= 15 is 0 Å². The number of ether oxygens (including phenoxy) is 1. The van der Waals surface area contributed by atoms with Crippen LogP contribution in [0.3, 0.4) is 0 Å². The van der Waals surface area contributed by atoms with Crippen LogP contribution in [-0.4, -0.2) is 27.2 Å². The molecule has 4 nitrogen and oxygen atoms in total. The lowest BCUT2D eigenvalue weighted by Crippen LogP contribution is -2.17. The second-order valence-corrected chi connectivity index (χ2v) is 5.83. The lowest BCUT2D eigenvalue weighted by molar-refractivity contribution is -0.137. The van der Waals surface area contributed by atoms with Crippen LogP contribution in [0.4, 0.5) is 0 Å². The van der Waals surface area contributed by atoms with Crippen molar-refractivity contribution in [2.45, 2.75) is 4.90 Å². The van der Waals surface area contributed by atoms with Crippen molar-refractivity contribution in [1.82, 2.24) is 0 Å². The van der Waals surface area contributed by atoms with Crippen molar-refractivity contribution in [2.24, 2.45) is 0 Å². The minimum Gasteiger partial charge on any atom is -0.468 e. The molecule has 2 aromatic carbocycles. The van der Waals surface area contributed by atoms with Crippen LogP contribution in [0.2, 0.25) is 0 Å². The van der Waals surface area contributed by atoms with E-state index in [0.29, 0.717) is 0 Å². The number of carbonyl (C=O) groups excluding carboxylic acids is 1. The lowest BCUT2D eigenvalue weighted by Gasteiger charge is -2.04. The van der Waals surface area contributed by atoms with Crippen molar-refractivity contribution < 1.29 is 17.9 Å². The summed E-state index contributed by atoms with van der Waals surface area (Å²) in [4.78, 5) is 11.2. The topological polar surface area (TPSA) is 60.4 Å². The van der Waals surface area contributed by atoms with Gasteiger partial charge in [-0.2, -0.15) is 0 Å². The molecule has 0 radical (unpaired) electrons. The predicted molar refractivity (Wildman–Crippen MR) is 68.0 cm³/mol. The van der Waals surface area contributed by atoms with Crippen molar-refractivity contribution in [3.05, 3.63) is 42.5 Å². The standard InChI is InChI=1S/C13H12O4S/c1-17-13(14)9-18(15,16)12-7-6-10-4-2-3-5-11(10)8-12/h2-8H,9H2,1H3. The molecular weight excluding hydrogens is 252 g/mol. The molecule has 0 heterocycles. The first-order valence-electron chi connectivity index (χ1n) is 5.31. The van der Waals surface area contributed by atoms with E-state index in [1.807, 2.05) is 24.3 Å². The van der Waals surface area contributed by atoms with Crippen LogP contribution in [0, 0.1) is 0 Å². The molecule has 2 rings (SSSR count). The summed E-state index contributed by atoms with van der Waals surface area (Å²) in [6, 6.07) is 12.2. The zero-order valence-corrected chi connectivity index (χ0v) is 10.6. The fraction of sp³-hybridized carbons (Fsp3) is 0.154. The fourth-order valence-corrected chi connectivity index (χ4v) is 2.83. The summed E-state index contributed by atoms with van der Waals surface area (Å²) in [5.74, 6) is -1.40. The quantitative estimate of drug-likeness (QED) is 0.793. The summed E-state index contributed by atoms with van der Waals surface area (Å²) in [5, 5.41) is 1.78. The summed E-state index contributed by atoms with van der Waals surface area (Å²) >= 11 is 0. The number of rotatable bonds is 3. The molecule has 0 aromatic heterocycles. The second kappa shape index (κ2) is 4.78. The SMILES string of the molecule is COC(=O)CS(=O)(=O)c1ccc2ccccc2c1. The zero-order valence-electron chi connectivity index (χ0n) is 9.79. The summed E-state index contributed by atoms with van der Waals surface area (Å²) < 4.78 is 28.3. The van der Waals surface area contributed by atoms with Crippen molar-refractivity contribution in [2.75, 3.05) is 12.9 Å². The molecular formula is C13H12O4S. The molecule has 0 aliphatic heterocycles. The Hall–Kier alpha value is -1.88. The minimum absolute atomic E-state index is 0.131. The monoisotopic (exact) mass is 264 g/mol. The van der Waals surface area contributed by atoms with Crippen LogP contribution < -0.4 is 0 Å². The Bertz CT molecular complexity index is 689. The fourth-order valence-electron chi connectivity index (χ4n) is 1.66. The van der Waals surface area contributed by atoms with Crippen molar-refractivity contribution in [1.29, 1.82) is 0 Å². The average Bonchev–Trinajstić information content (AvgIpc) is 2.37. The molecule has 0 fully saturated rings. The Morgan fingerprint density at radius 1 is 1.11 bits per heavy atom. The van der Waals surface area contributed by atoms with Crippen LogP contribution in [0.25, 0.3) is 10.8 Å². The van der Waals surface area contributed by atoms with Gasteiger partial charge in [0.25, 0.3) is 0 Å². The summed E-state index contributed by atoms with van der Waals surface area (Å²) in [6.07, 6.45) is 0. The third-order valence-corrected chi connectivity index (χ3v) is 4.20. The van der Waals surface area contributed by atoms with E-state index in [9.17, 15) is 13.2 Å². The van der Waals surface area contributed by atoms with Gasteiger partial charge in [0, 0.05) is 0 Å². The van der Waals surface area contributed by atoms with Gasteiger partial charge in [-0.05, 0) is 22.9 Å². The van der Waals surface area contributed by atoms with Gasteiger partial charge in [-0.3, -0.25) is 4.79 Å². The lowest BCUT2D eigenvalue weighted by atomic mass is 10.1. The molecule has 5 heteroatoms. The highest BCUT2D eigenvalue weighted by molar-refractivity contribution is 7.92. The van der Waals surface area contributed by atoms with Crippen LogP contribution in [0.5, 0.6) is 0 Å². The van der Waals surface area contributed by atoms with E-state index in [1.54, 1.807) is 12.1 Å². The zero-order chi connectivity index (χ0) is 13.2. The van der Waals surface area contributed by atoms with E-state index in [0.717, 1.165) is 17.9 Å². The van der Waals surface area contributed by atoms with Gasteiger partial charge in [0.2, 0.25) is 0 Å². The van der Waals surface area contributed by atoms with Crippen molar-refractivity contribution in [3.63, 3.8) is 0 Å². The highest BCUT2D eigenvalue weighted by Crippen LogP contribution is 2.19. The molecule has 0 spiro atoms. The number of sulfone groups is 1. The third kappa shape index (κ3) is 2.51. The van der Waals surface area contributed by atoms with E-state index in [-0.39, 0.29) is 4.90 Å². The molecule has 0 unspecified atom stereocenters. The van der Waals surface area contributed by atoms with Gasteiger partial charge < -0.3 is 4.74 Å². The maximum atomic E-state index is 11.9. The number of benzene rings is 2. The molecule has 0 amide bonds. The summed E-state index contributed by atoms with van der Waals surface area (Å²) in [7, 11) is -2.47. The van der Waals surface area contributed by atoms with Gasteiger partial charge in [0.05, 0.1) is 12.0 Å². The molecule has 2 aromatic rings. The largest absolute Gasteiger partial charge is 0.468 e. The Morgan fingerprint density at radius 3 is 2.44 bits per heavy atom. The third-order valence-electron chi connectivity index (χ3n) is 2.62. The van der Waals surface area contributed by atoms with Crippen molar-refractivity contribution >= 4 is 26.6 Å². The van der Waals surface area contributed by atoms with E-state index in [1.165, 1.54) is 6.07 Å². The van der Waals surface area contributed by atoms with Crippen molar-refractivity contribution in [3.8, 4) is 0 Å². The average molecular weight is 264 g/mol. The maximum Gasteiger partial charge on any atom is 0.321 e. The van der Waals surface area contributed by atoms with Gasteiger partial charge in [-0.25, -0.2) is 8.42 Å². The van der Waals surface area contributed by atoms with Gasteiger partial charge in [0.15, 0.2) is 15.6 Å². The summed E-state index contributed by atoms with van der Waals surface area (Å²) in [6.45, 7) is 0. The Morgan fingerprint density at radius 2 is 1.78 bits per heavy atom. The number of esters is 1.